The first-order valence-corrected chi connectivity index (χ1v) is 12.1. The molecule has 1 aromatic heterocycles. The average Bonchev–Trinajstić information content (AvgIpc) is 3.31. The molecule has 9 nitrogen and oxygen atoms in total. The van der Waals surface area contributed by atoms with Crippen molar-refractivity contribution in [2.45, 2.75) is 38.8 Å². The first-order valence-electron chi connectivity index (χ1n) is 12.1. The number of aliphatic hydroxyl groups excluding tert-OH is 1. The molecule has 2 fully saturated rings. The van der Waals surface area contributed by atoms with E-state index in [4.69, 9.17) is 9.47 Å². The number of ether oxygens (including phenoxy) is 3. The van der Waals surface area contributed by atoms with Crippen molar-refractivity contribution in [1.29, 1.82) is 0 Å². The molecule has 2 amide bonds. The van der Waals surface area contributed by atoms with Crippen molar-refractivity contribution in [2.24, 2.45) is 0 Å². The normalized spacial score (nSPS) is 19.1. The zero-order chi connectivity index (χ0) is 26.6. The van der Waals surface area contributed by atoms with Crippen molar-refractivity contribution in [1.82, 2.24) is 9.88 Å². The van der Waals surface area contributed by atoms with Gasteiger partial charge in [0.1, 0.15) is 12.4 Å². The molecule has 0 aliphatic carbocycles. The number of aliphatic hydroxyl groups is 1. The molecule has 12 heteroatoms. The number of rotatable bonds is 7. The van der Waals surface area contributed by atoms with Crippen LogP contribution in [0.3, 0.4) is 0 Å². The smallest absolute Gasteiger partial charge is 0.475 e. The highest BCUT2D eigenvalue weighted by molar-refractivity contribution is 5.90. The summed E-state index contributed by atoms with van der Waals surface area (Å²) in [5.74, 6) is 1.07. The summed E-state index contributed by atoms with van der Waals surface area (Å²) in [5, 5.41) is 12.4. The Balaban J connectivity index is 1.54. The fourth-order valence-electron chi connectivity index (χ4n) is 4.29. The summed E-state index contributed by atoms with van der Waals surface area (Å²) >= 11 is 0. The molecular formula is C25H31F3N4O5. The quantitative estimate of drug-likeness (QED) is 0.569. The number of carbonyl (C=O) groups is 1. The molecule has 0 saturated carbocycles. The molecule has 0 radical (unpaired) electrons. The van der Waals surface area contributed by atoms with Crippen LogP contribution >= 0.6 is 0 Å². The number of amides is 2. The van der Waals surface area contributed by atoms with Gasteiger partial charge in [-0.1, -0.05) is 6.07 Å². The standard InChI is InChI=1S/C25H31F3N4O5/c1-16-3-4-19(29-24(34)32-6-5-20(14-32)37-25(26,27)28)13-21(16)18-11-22(31-7-9-35-10-8-31)30-23(12-18)36-15-17(2)33/h3-4,11-13,17,20,33H,5-10,14-15H2,1-2H3,(H,29,34)/t17-,20+/m0/s1. The number of urea groups is 1. The molecular weight excluding hydrogens is 493 g/mol. The van der Waals surface area contributed by atoms with E-state index >= 15 is 0 Å². The Kier molecular flexibility index (Phi) is 8.40. The Morgan fingerprint density at radius 1 is 1.24 bits per heavy atom. The summed E-state index contributed by atoms with van der Waals surface area (Å²) in [6.07, 6.45) is -6.35. The molecule has 1 aromatic carbocycles. The lowest BCUT2D eigenvalue weighted by Crippen LogP contribution is -2.36. The number of nitrogens with one attached hydrogen (secondary N) is 1. The minimum Gasteiger partial charge on any atom is -0.475 e. The van der Waals surface area contributed by atoms with Crippen LogP contribution in [0.25, 0.3) is 11.1 Å². The van der Waals surface area contributed by atoms with Crippen LogP contribution in [0.15, 0.2) is 30.3 Å². The number of pyridine rings is 1. The zero-order valence-corrected chi connectivity index (χ0v) is 20.8. The van der Waals surface area contributed by atoms with Crippen LogP contribution in [0.1, 0.15) is 18.9 Å². The second-order valence-electron chi connectivity index (χ2n) is 9.19. The fourth-order valence-corrected chi connectivity index (χ4v) is 4.29. The number of alkyl halides is 3. The Labute approximate surface area is 213 Å². The van der Waals surface area contributed by atoms with Crippen molar-refractivity contribution in [3.8, 4) is 17.0 Å². The maximum atomic E-state index is 12.7. The molecule has 2 atom stereocenters. The van der Waals surface area contributed by atoms with Crippen LogP contribution in [-0.2, 0) is 9.47 Å². The number of nitrogens with zero attached hydrogens (tertiary/aromatic N) is 3. The SMILES string of the molecule is Cc1ccc(NC(=O)N2CC[C@@H](OC(F)(F)F)C2)cc1-c1cc(OC[C@H](C)O)nc(N2CCOCC2)c1. The fraction of sp³-hybridized carbons (Fsp3) is 0.520. The van der Waals surface area contributed by atoms with Gasteiger partial charge in [0.25, 0.3) is 0 Å². The van der Waals surface area contributed by atoms with Gasteiger partial charge in [0.2, 0.25) is 5.88 Å². The zero-order valence-electron chi connectivity index (χ0n) is 20.8. The van der Waals surface area contributed by atoms with Gasteiger partial charge in [-0.15, -0.1) is 13.2 Å². The molecule has 37 heavy (non-hydrogen) atoms. The van der Waals surface area contributed by atoms with Gasteiger partial charge in [-0.2, -0.15) is 4.98 Å². The summed E-state index contributed by atoms with van der Waals surface area (Å²) in [6, 6.07) is 8.63. The number of carbonyl (C=O) groups excluding carboxylic acids is 1. The van der Waals surface area contributed by atoms with E-state index in [9.17, 15) is 23.1 Å². The highest BCUT2D eigenvalue weighted by atomic mass is 19.4. The Bertz CT molecular complexity index is 1090. The highest BCUT2D eigenvalue weighted by Crippen LogP contribution is 2.32. The van der Waals surface area contributed by atoms with Crippen molar-refractivity contribution < 1.29 is 37.3 Å². The third-order valence-electron chi connectivity index (χ3n) is 6.13. The van der Waals surface area contributed by atoms with Crippen LogP contribution in [0.4, 0.5) is 29.5 Å². The maximum Gasteiger partial charge on any atom is 0.522 e. The predicted octanol–water partition coefficient (Wildman–Crippen LogP) is 3.80. The molecule has 3 heterocycles. The van der Waals surface area contributed by atoms with Crippen molar-refractivity contribution in [3.05, 3.63) is 35.9 Å². The van der Waals surface area contributed by atoms with Crippen LogP contribution < -0.4 is 15.0 Å². The average molecular weight is 525 g/mol. The first-order chi connectivity index (χ1) is 17.6. The lowest BCUT2D eigenvalue weighted by atomic mass is 10.0. The second-order valence-corrected chi connectivity index (χ2v) is 9.19. The molecule has 0 spiro atoms. The number of aryl methyl sites for hydroxylation is 1. The van der Waals surface area contributed by atoms with E-state index in [1.54, 1.807) is 19.1 Å². The molecule has 2 aromatic rings. The molecule has 2 aliphatic rings. The predicted molar refractivity (Wildman–Crippen MR) is 131 cm³/mol. The van der Waals surface area contributed by atoms with E-state index < -0.39 is 24.6 Å². The molecule has 0 unspecified atom stereocenters. The van der Waals surface area contributed by atoms with Gasteiger partial charge < -0.3 is 29.7 Å². The van der Waals surface area contributed by atoms with Gasteiger partial charge in [-0.3, -0.25) is 4.74 Å². The monoisotopic (exact) mass is 524 g/mol. The Morgan fingerprint density at radius 2 is 2.00 bits per heavy atom. The number of benzene rings is 1. The van der Waals surface area contributed by atoms with E-state index in [1.165, 1.54) is 4.90 Å². The van der Waals surface area contributed by atoms with Gasteiger partial charge in [-0.25, -0.2) is 4.79 Å². The molecule has 2 saturated heterocycles. The summed E-state index contributed by atoms with van der Waals surface area (Å²) in [4.78, 5) is 20.7. The lowest BCUT2D eigenvalue weighted by Gasteiger charge is -2.28. The van der Waals surface area contributed by atoms with Gasteiger partial charge in [-0.05, 0) is 55.2 Å². The number of morpholine rings is 1. The minimum atomic E-state index is -4.73. The van der Waals surface area contributed by atoms with E-state index in [0.29, 0.717) is 43.7 Å². The summed E-state index contributed by atoms with van der Waals surface area (Å²) in [5.41, 5.74) is 3.09. The van der Waals surface area contributed by atoms with E-state index in [0.717, 1.165) is 16.7 Å². The van der Waals surface area contributed by atoms with Crippen LogP contribution in [0.5, 0.6) is 5.88 Å². The Hall–Kier alpha value is -3.09. The van der Waals surface area contributed by atoms with Gasteiger partial charge in [0.05, 0.1) is 25.4 Å². The molecule has 4 rings (SSSR count). The van der Waals surface area contributed by atoms with Crippen LogP contribution in [-0.4, -0.2) is 85.6 Å². The third-order valence-corrected chi connectivity index (χ3v) is 6.13. The van der Waals surface area contributed by atoms with Crippen LogP contribution in [0.2, 0.25) is 0 Å². The molecule has 0 bridgehead atoms. The van der Waals surface area contributed by atoms with Gasteiger partial charge in [0.15, 0.2) is 0 Å². The molecule has 2 N–H and O–H groups in total. The van der Waals surface area contributed by atoms with E-state index in [1.807, 2.05) is 25.1 Å². The number of halogens is 3. The summed E-state index contributed by atoms with van der Waals surface area (Å²) in [6.45, 7) is 6.20. The maximum absolute atomic E-state index is 12.7. The first kappa shape index (κ1) is 27.0. The van der Waals surface area contributed by atoms with Crippen molar-refractivity contribution in [2.75, 3.05) is 56.2 Å². The number of hydrogen-bond donors (Lipinski definition) is 2. The second kappa shape index (κ2) is 11.5. The van der Waals surface area contributed by atoms with Crippen LogP contribution in [0, 0.1) is 6.92 Å². The summed E-state index contributed by atoms with van der Waals surface area (Å²) in [7, 11) is 0. The number of anilines is 2. The largest absolute Gasteiger partial charge is 0.522 e. The van der Waals surface area contributed by atoms with Crippen molar-refractivity contribution in [3.63, 3.8) is 0 Å². The Morgan fingerprint density at radius 3 is 2.70 bits per heavy atom. The van der Waals surface area contributed by atoms with E-state index in [-0.39, 0.29) is 26.1 Å². The lowest BCUT2D eigenvalue weighted by molar-refractivity contribution is -0.340. The number of hydrogen-bond acceptors (Lipinski definition) is 7. The van der Waals surface area contributed by atoms with Gasteiger partial charge >= 0.3 is 12.4 Å². The molecule has 2 aliphatic heterocycles. The molecule has 202 valence electrons. The highest BCUT2D eigenvalue weighted by Gasteiger charge is 2.37. The van der Waals surface area contributed by atoms with Gasteiger partial charge in [0, 0.05) is 37.9 Å². The number of likely N-dealkylation sites (tertiary alicyclic amines) is 1. The topological polar surface area (TPSA) is 96.4 Å². The van der Waals surface area contributed by atoms with E-state index in [2.05, 4.69) is 19.9 Å². The minimum absolute atomic E-state index is 0.0863. The third kappa shape index (κ3) is 7.46. The number of aromatic nitrogens is 1. The summed E-state index contributed by atoms with van der Waals surface area (Å²) < 4.78 is 52.8. The van der Waals surface area contributed by atoms with Crippen molar-refractivity contribution >= 4 is 17.5 Å².